The van der Waals surface area contributed by atoms with E-state index in [1.165, 1.54) is 51.4 Å². The molecule has 8 nitrogen and oxygen atoms in total. The van der Waals surface area contributed by atoms with Crippen molar-refractivity contribution in [3.05, 3.63) is 0 Å². The maximum atomic E-state index is 12.2. The number of carbonyl (C=O) groups is 1. The van der Waals surface area contributed by atoms with Crippen LogP contribution in [-0.2, 0) is 19.0 Å². The highest BCUT2D eigenvalue weighted by molar-refractivity contribution is 5.69. The molecule has 4 atom stereocenters. The number of aliphatic hydroxyl groups is 4. The summed E-state index contributed by atoms with van der Waals surface area (Å²) in [6.07, 6.45) is 5.94. The third-order valence-corrected chi connectivity index (χ3v) is 5.44. The summed E-state index contributed by atoms with van der Waals surface area (Å²) in [4.78, 5) is 12.2. The van der Waals surface area contributed by atoms with Gasteiger partial charge < -0.3 is 34.6 Å². The van der Waals surface area contributed by atoms with E-state index in [0.717, 1.165) is 12.8 Å². The van der Waals surface area contributed by atoms with Crippen LogP contribution in [0.25, 0.3) is 0 Å². The van der Waals surface area contributed by atoms with Crippen LogP contribution < -0.4 is 0 Å². The molecule has 4 N–H and O–H groups in total. The van der Waals surface area contributed by atoms with Crippen LogP contribution in [0.3, 0.4) is 0 Å². The standard InChI is InChI=1S/C22H42O8/c1-2-3-4-5-6-7-8-9-10-11-12-13-18(25)30-21(22-28-14-15-29-22)20(27)19(26)17(24)16-23/h17,19-24,26-27H,2-16H2,1H3/t17-,19+,20+,21-/m1/s1. The molecule has 0 amide bonds. The average molecular weight is 435 g/mol. The summed E-state index contributed by atoms with van der Waals surface area (Å²) in [5, 5.41) is 38.8. The van der Waals surface area contributed by atoms with Crippen molar-refractivity contribution < 1.29 is 39.4 Å². The molecule has 0 spiro atoms. The Morgan fingerprint density at radius 1 is 0.867 bits per heavy atom. The maximum absolute atomic E-state index is 12.2. The van der Waals surface area contributed by atoms with E-state index in [1.807, 2.05) is 0 Å². The second-order valence-corrected chi connectivity index (χ2v) is 8.08. The Labute approximate surface area is 180 Å². The largest absolute Gasteiger partial charge is 0.454 e. The summed E-state index contributed by atoms with van der Waals surface area (Å²) in [6.45, 7) is 2.05. The molecule has 0 unspecified atom stereocenters. The van der Waals surface area contributed by atoms with Gasteiger partial charge in [-0.15, -0.1) is 0 Å². The normalized spacial score (nSPS) is 18.8. The SMILES string of the molecule is CCCCCCCCCCCCCC(=O)O[C@@H](C1OCCO1)[C@@H](O)[C@@H](O)[C@H](O)CO. The van der Waals surface area contributed by atoms with Crippen molar-refractivity contribution in [3.8, 4) is 0 Å². The Kier molecular flexibility index (Phi) is 15.3. The Morgan fingerprint density at radius 2 is 1.37 bits per heavy atom. The molecule has 0 bridgehead atoms. The van der Waals surface area contributed by atoms with Gasteiger partial charge in [0.1, 0.15) is 18.3 Å². The number of aliphatic hydroxyl groups excluding tert-OH is 4. The topological polar surface area (TPSA) is 126 Å². The minimum absolute atomic E-state index is 0.200. The van der Waals surface area contributed by atoms with Crippen LogP contribution in [0, 0.1) is 0 Å². The zero-order valence-corrected chi connectivity index (χ0v) is 18.4. The molecule has 1 fully saturated rings. The predicted molar refractivity (Wildman–Crippen MR) is 112 cm³/mol. The van der Waals surface area contributed by atoms with Gasteiger partial charge in [0.15, 0.2) is 12.4 Å². The highest BCUT2D eigenvalue weighted by Crippen LogP contribution is 2.20. The molecule has 0 aromatic rings. The first kappa shape index (κ1) is 27.3. The van der Waals surface area contributed by atoms with Gasteiger partial charge in [0.2, 0.25) is 0 Å². The van der Waals surface area contributed by atoms with Gasteiger partial charge in [0.25, 0.3) is 0 Å². The summed E-state index contributed by atoms with van der Waals surface area (Å²) in [5.74, 6) is -0.514. The monoisotopic (exact) mass is 434 g/mol. The minimum Gasteiger partial charge on any atom is -0.454 e. The van der Waals surface area contributed by atoms with Crippen LogP contribution in [0.1, 0.15) is 84.0 Å². The van der Waals surface area contributed by atoms with Gasteiger partial charge in [0, 0.05) is 6.42 Å². The molecule has 1 heterocycles. The van der Waals surface area contributed by atoms with Crippen LogP contribution in [0.15, 0.2) is 0 Å². The fraction of sp³-hybridized carbons (Fsp3) is 0.955. The molecule has 0 aliphatic carbocycles. The van der Waals surface area contributed by atoms with Gasteiger partial charge in [-0.05, 0) is 6.42 Å². The van der Waals surface area contributed by atoms with Crippen LogP contribution >= 0.6 is 0 Å². The van der Waals surface area contributed by atoms with E-state index in [9.17, 15) is 20.1 Å². The quantitative estimate of drug-likeness (QED) is 0.191. The smallest absolute Gasteiger partial charge is 0.306 e. The lowest BCUT2D eigenvalue weighted by molar-refractivity contribution is -0.210. The maximum Gasteiger partial charge on any atom is 0.306 e. The Hall–Kier alpha value is -0.770. The molecule has 0 radical (unpaired) electrons. The molecular formula is C22H42O8. The van der Waals surface area contributed by atoms with E-state index < -0.39 is 43.3 Å². The van der Waals surface area contributed by atoms with Gasteiger partial charge in [-0.2, -0.15) is 0 Å². The second kappa shape index (κ2) is 16.9. The van der Waals surface area contributed by atoms with E-state index in [4.69, 9.17) is 19.3 Å². The lowest BCUT2D eigenvalue weighted by Crippen LogP contribution is -2.52. The summed E-state index contributed by atoms with van der Waals surface area (Å²) < 4.78 is 15.9. The summed E-state index contributed by atoms with van der Waals surface area (Å²) in [6, 6.07) is 0. The van der Waals surface area contributed by atoms with Gasteiger partial charge >= 0.3 is 5.97 Å². The van der Waals surface area contributed by atoms with E-state index in [-0.39, 0.29) is 19.6 Å². The molecule has 0 saturated carbocycles. The minimum atomic E-state index is -1.69. The average Bonchev–Trinajstić information content (AvgIpc) is 3.28. The molecule has 1 saturated heterocycles. The second-order valence-electron chi connectivity index (χ2n) is 8.08. The first-order valence-corrected chi connectivity index (χ1v) is 11.6. The molecule has 1 aliphatic heterocycles. The van der Waals surface area contributed by atoms with Gasteiger partial charge in [-0.25, -0.2) is 0 Å². The third-order valence-electron chi connectivity index (χ3n) is 5.44. The van der Waals surface area contributed by atoms with E-state index >= 15 is 0 Å². The van der Waals surface area contributed by atoms with Crippen molar-refractivity contribution in [2.75, 3.05) is 19.8 Å². The van der Waals surface area contributed by atoms with Gasteiger partial charge in [-0.3, -0.25) is 4.79 Å². The number of esters is 1. The Bertz CT molecular complexity index is 427. The van der Waals surface area contributed by atoms with Crippen molar-refractivity contribution in [2.24, 2.45) is 0 Å². The van der Waals surface area contributed by atoms with Crippen molar-refractivity contribution in [3.63, 3.8) is 0 Å². The fourth-order valence-corrected chi connectivity index (χ4v) is 3.53. The molecule has 1 aliphatic rings. The zero-order chi connectivity index (χ0) is 22.2. The van der Waals surface area contributed by atoms with Crippen LogP contribution in [0.4, 0.5) is 0 Å². The van der Waals surface area contributed by atoms with Crippen LogP contribution in [0.5, 0.6) is 0 Å². The highest BCUT2D eigenvalue weighted by atomic mass is 16.7. The number of carbonyl (C=O) groups excluding carboxylic acids is 1. The molecule has 0 aromatic carbocycles. The number of hydrogen-bond donors (Lipinski definition) is 4. The van der Waals surface area contributed by atoms with Gasteiger partial charge in [0.05, 0.1) is 19.8 Å². The fourth-order valence-electron chi connectivity index (χ4n) is 3.53. The number of hydrogen-bond acceptors (Lipinski definition) is 8. The van der Waals surface area contributed by atoms with Crippen LogP contribution in [-0.4, -0.2) is 76.9 Å². The number of ether oxygens (including phenoxy) is 3. The third kappa shape index (κ3) is 11.0. The predicted octanol–water partition coefficient (Wildman–Crippen LogP) is 2.05. The van der Waals surface area contributed by atoms with E-state index in [2.05, 4.69) is 6.92 Å². The first-order chi connectivity index (χ1) is 14.5. The molecule has 178 valence electrons. The highest BCUT2D eigenvalue weighted by Gasteiger charge is 2.41. The van der Waals surface area contributed by atoms with E-state index in [1.54, 1.807) is 0 Å². The lowest BCUT2D eigenvalue weighted by atomic mass is 10.0. The lowest BCUT2D eigenvalue weighted by Gasteiger charge is -2.31. The van der Waals surface area contributed by atoms with Crippen molar-refractivity contribution in [1.29, 1.82) is 0 Å². The summed E-state index contributed by atoms with van der Waals surface area (Å²) in [5.41, 5.74) is 0. The van der Waals surface area contributed by atoms with E-state index in [0.29, 0.717) is 6.42 Å². The molecule has 1 rings (SSSR count). The summed E-state index contributed by atoms with van der Waals surface area (Å²) >= 11 is 0. The van der Waals surface area contributed by atoms with Gasteiger partial charge in [-0.1, -0.05) is 71.1 Å². The van der Waals surface area contributed by atoms with Crippen molar-refractivity contribution in [2.45, 2.75) is 115 Å². The zero-order valence-electron chi connectivity index (χ0n) is 18.4. The number of unbranched alkanes of at least 4 members (excludes halogenated alkanes) is 10. The Morgan fingerprint density at radius 3 is 1.87 bits per heavy atom. The molecule has 0 aromatic heterocycles. The number of rotatable bonds is 18. The van der Waals surface area contributed by atoms with Crippen molar-refractivity contribution >= 4 is 5.97 Å². The Balaban J connectivity index is 2.24. The first-order valence-electron chi connectivity index (χ1n) is 11.6. The molecule has 8 heteroatoms. The molecule has 30 heavy (non-hydrogen) atoms. The summed E-state index contributed by atoms with van der Waals surface area (Å²) in [7, 11) is 0. The van der Waals surface area contributed by atoms with Crippen molar-refractivity contribution in [1.82, 2.24) is 0 Å². The van der Waals surface area contributed by atoms with Crippen LogP contribution in [0.2, 0.25) is 0 Å². The molecular weight excluding hydrogens is 392 g/mol.